The molecule has 0 aliphatic carbocycles. The molecule has 0 N–H and O–H groups in total. The van der Waals surface area contributed by atoms with Crippen LogP contribution in [-0.4, -0.2) is 82.7 Å². The first-order chi connectivity index (χ1) is 18.2. The van der Waals surface area contributed by atoms with Gasteiger partial charge in [0, 0.05) is 46.8 Å². The van der Waals surface area contributed by atoms with Crippen LogP contribution in [0, 0.1) is 18.3 Å². The third-order valence-electron chi connectivity index (χ3n) is 6.89. The maximum absolute atomic E-state index is 12.4. The average molecular weight is 550 g/mol. The van der Waals surface area contributed by atoms with Gasteiger partial charge in [0.2, 0.25) is 10.1 Å². The lowest BCUT2D eigenvalue weighted by Crippen LogP contribution is -2.44. The summed E-state index contributed by atoms with van der Waals surface area (Å²) in [6.45, 7) is 5.68. The third kappa shape index (κ3) is 4.56. The van der Waals surface area contributed by atoms with E-state index in [1.807, 2.05) is 59.6 Å². The molecule has 1 saturated heterocycles. The molecule has 0 saturated carbocycles. The van der Waals surface area contributed by atoms with E-state index in [0.717, 1.165) is 58.7 Å². The number of urea groups is 1. The van der Waals surface area contributed by atoms with Crippen molar-refractivity contribution in [2.75, 3.05) is 51.1 Å². The van der Waals surface area contributed by atoms with Crippen molar-refractivity contribution in [3.63, 3.8) is 0 Å². The fourth-order valence-corrected chi connectivity index (χ4v) is 6.50. The molecule has 1 aliphatic rings. The van der Waals surface area contributed by atoms with Crippen molar-refractivity contribution >= 4 is 49.7 Å². The highest BCUT2D eigenvalue weighted by Crippen LogP contribution is 2.38. The minimum atomic E-state index is 0.00693. The molecular formula is C26H31N9OS2. The molecule has 12 heteroatoms. The summed E-state index contributed by atoms with van der Waals surface area (Å²) < 4.78 is 1.89. The van der Waals surface area contributed by atoms with E-state index in [1.54, 1.807) is 30.3 Å². The summed E-state index contributed by atoms with van der Waals surface area (Å²) in [7, 11) is 7.36. The molecule has 4 aromatic rings. The van der Waals surface area contributed by atoms with Gasteiger partial charge in [0.05, 0.1) is 11.7 Å². The first-order valence-electron chi connectivity index (χ1n) is 12.5. The zero-order valence-corrected chi connectivity index (χ0v) is 24.1. The summed E-state index contributed by atoms with van der Waals surface area (Å²) in [5, 5.41) is 16.4. The number of anilines is 3. The van der Waals surface area contributed by atoms with Gasteiger partial charge >= 0.3 is 6.03 Å². The Balaban J connectivity index is 1.45. The van der Waals surface area contributed by atoms with Gasteiger partial charge in [0.15, 0.2) is 10.9 Å². The van der Waals surface area contributed by atoms with Crippen LogP contribution in [0.3, 0.4) is 0 Å². The van der Waals surface area contributed by atoms with Gasteiger partial charge in [-0.1, -0.05) is 59.4 Å². The molecule has 38 heavy (non-hydrogen) atoms. The molecule has 0 radical (unpaired) electrons. The lowest BCUT2D eigenvalue weighted by Gasteiger charge is -2.27. The summed E-state index contributed by atoms with van der Waals surface area (Å²) in [5.41, 5.74) is 3.71. The number of thiazole rings is 1. The van der Waals surface area contributed by atoms with E-state index in [1.165, 1.54) is 11.3 Å². The van der Waals surface area contributed by atoms with Gasteiger partial charge in [-0.3, -0.25) is 0 Å². The second-order valence-corrected chi connectivity index (χ2v) is 11.6. The number of hydrogen-bond donors (Lipinski definition) is 0. The minimum Gasteiger partial charge on any atom is -0.345 e. The van der Waals surface area contributed by atoms with E-state index in [-0.39, 0.29) is 12.1 Å². The first-order valence-corrected chi connectivity index (χ1v) is 14.1. The van der Waals surface area contributed by atoms with Crippen LogP contribution in [0.5, 0.6) is 0 Å². The van der Waals surface area contributed by atoms with Gasteiger partial charge in [0.1, 0.15) is 16.6 Å². The lowest BCUT2D eigenvalue weighted by molar-refractivity contribution is 0.167. The number of rotatable bonds is 6. The number of imidazole rings is 1. The molecule has 198 valence electrons. The van der Waals surface area contributed by atoms with Crippen molar-refractivity contribution in [1.29, 1.82) is 5.26 Å². The van der Waals surface area contributed by atoms with E-state index in [0.29, 0.717) is 15.7 Å². The Hall–Kier alpha value is -3.69. The molecule has 10 nitrogen and oxygen atoms in total. The Labute approximate surface area is 230 Å². The fraction of sp³-hybridized carbons (Fsp3) is 0.423. The Morgan fingerprint density at radius 3 is 2.55 bits per heavy atom. The molecule has 1 aliphatic heterocycles. The van der Waals surface area contributed by atoms with Gasteiger partial charge in [0.25, 0.3) is 0 Å². The number of hydrogen-bond acceptors (Lipinski definition) is 9. The zero-order valence-electron chi connectivity index (χ0n) is 22.5. The standard InChI is InChI=1S/C26H31N9OS2/c1-7-19-22(33(6)23-29-21(20(14-27)37-23)17-10-8-16(2)9-11-17)35-24(28-19)38-25(30-35)34-13-12-18(15-34)32(5)26(36)31(3)4/h8-11,18H,7,12-13,15H2,1-6H3. The Bertz CT molecular complexity index is 1510. The summed E-state index contributed by atoms with van der Waals surface area (Å²) in [5.74, 6) is 0.856. The summed E-state index contributed by atoms with van der Waals surface area (Å²) in [4.78, 5) is 31.2. The van der Waals surface area contributed by atoms with E-state index >= 15 is 0 Å². The number of nitriles is 1. The number of carbonyl (C=O) groups is 1. The number of fused-ring (bicyclic) bond motifs is 1. The van der Waals surface area contributed by atoms with Crippen molar-refractivity contribution in [3.8, 4) is 17.3 Å². The van der Waals surface area contributed by atoms with Crippen molar-refractivity contribution < 1.29 is 4.79 Å². The molecule has 2 amide bonds. The highest BCUT2D eigenvalue weighted by molar-refractivity contribution is 7.20. The van der Waals surface area contributed by atoms with Gasteiger partial charge < -0.3 is 19.6 Å². The molecule has 1 aromatic carbocycles. The molecule has 0 spiro atoms. The molecule has 0 bridgehead atoms. The predicted molar refractivity (Wildman–Crippen MR) is 153 cm³/mol. The van der Waals surface area contributed by atoms with Gasteiger partial charge in [-0.15, -0.1) is 5.10 Å². The summed E-state index contributed by atoms with van der Waals surface area (Å²) >= 11 is 2.92. The van der Waals surface area contributed by atoms with Crippen molar-refractivity contribution in [1.82, 2.24) is 29.4 Å². The van der Waals surface area contributed by atoms with Crippen LogP contribution in [0.2, 0.25) is 0 Å². The number of amides is 2. The molecular weight excluding hydrogens is 518 g/mol. The zero-order chi connectivity index (χ0) is 27.1. The topological polar surface area (TPSA) is 96.9 Å². The number of likely N-dealkylation sites (N-methyl/N-ethyl adjacent to an activating group) is 1. The van der Waals surface area contributed by atoms with Crippen molar-refractivity contribution in [3.05, 3.63) is 40.4 Å². The highest BCUT2D eigenvalue weighted by Gasteiger charge is 2.32. The Morgan fingerprint density at radius 1 is 1.16 bits per heavy atom. The number of nitrogens with zero attached hydrogens (tertiary/aromatic N) is 9. The summed E-state index contributed by atoms with van der Waals surface area (Å²) in [6.07, 6.45) is 1.64. The number of carbonyl (C=O) groups excluding carboxylic acids is 1. The average Bonchev–Trinajstić information content (AvgIpc) is 3.69. The fourth-order valence-electron chi connectivity index (χ4n) is 4.70. The van der Waals surface area contributed by atoms with E-state index in [9.17, 15) is 10.1 Å². The third-order valence-corrected chi connectivity index (χ3v) is 8.89. The van der Waals surface area contributed by atoms with Gasteiger partial charge in [-0.25, -0.2) is 14.8 Å². The van der Waals surface area contributed by atoms with Crippen LogP contribution in [-0.2, 0) is 6.42 Å². The normalized spacial score (nSPS) is 15.2. The summed E-state index contributed by atoms with van der Waals surface area (Å²) in [6, 6.07) is 10.5. The first kappa shape index (κ1) is 25.9. The van der Waals surface area contributed by atoms with Crippen LogP contribution in [0.1, 0.15) is 29.5 Å². The maximum atomic E-state index is 12.4. The lowest BCUT2D eigenvalue weighted by atomic mass is 10.1. The second kappa shape index (κ2) is 10.2. The Morgan fingerprint density at radius 2 is 1.89 bits per heavy atom. The quantitative estimate of drug-likeness (QED) is 0.346. The number of aryl methyl sites for hydroxylation is 2. The van der Waals surface area contributed by atoms with Crippen LogP contribution >= 0.6 is 22.7 Å². The molecule has 1 atom stereocenters. The smallest absolute Gasteiger partial charge is 0.319 e. The van der Waals surface area contributed by atoms with Gasteiger partial charge in [-0.05, 0) is 19.8 Å². The van der Waals surface area contributed by atoms with Crippen molar-refractivity contribution in [2.24, 2.45) is 0 Å². The molecule has 1 fully saturated rings. The molecule has 1 unspecified atom stereocenters. The van der Waals surface area contributed by atoms with Crippen LogP contribution < -0.4 is 9.80 Å². The predicted octanol–water partition coefficient (Wildman–Crippen LogP) is 4.62. The maximum Gasteiger partial charge on any atom is 0.319 e. The van der Waals surface area contributed by atoms with Crippen LogP contribution in [0.4, 0.5) is 20.9 Å². The molecule has 3 aromatic heterocycles. The highest BCUT2D eigenvalue weighted by atomic mass is 32.1. The second-order valence-electron chi connectivity index (χ2n) is 9.70. The number of aromatic nitrogens is 4. The monoisotopic (exact) mass is 549 g/mol. The Kier molecular flexibility index (Phi) is 6.98. The minimum absolute atomic E-state index is 0.00693. The number of benzene rings is 1. The largest absolute Gasteiger partial charge is 0.345 e. The molecule has 5 rings (SSSR count). The molecule has 4 heterocycles. The van der Waals surface area contributed by atoms with Gasteiger partial charge in [-0.2, -0.15) is 9.78 Å². The SMILES string of the molecule is CCc1nc2sc(N3CCC(N(C)C(=O)N(C)C)C3)nn2c1N(C)c1nc(-c2ccc(C)cc2)c(C#N)s1. The van der Waals surface area contributed by atoms with E-state index in [4.69, 9.17) is 15.1 Å². The van der Waals surface area contributed by atoms with Crippen LogP contribution in [0.25, 0.3) is 16.2 Å². The van der Waals surface area contributed by atoms with Crippen LogP contribution in [0.15, 0.2) is 24.3 Å². The van der Waals surface area contributed by atoms with E-state index in [2.05, 4.69) is 17.9 Å². The van der Waals surface area contributed by atoms with Crippen molar-refractivity contribution in [2.45, 2.75) is 32.7 Å². The van der Waals surface area contributed by atoms with E-state index < -0.39 is 0 Å².